The average Bonchev–Trinajstić information content (AvgIpc) is 2.16. The van der Waals surface area contributed by atoms with Crippen LogP contribution in [-0.2, 0) is 9.59 Å². The number of carbonyl (C=O) groups excluding carboxylic acids is 1. The van der Waals surface area contributed by atoms with Crippen LogP contribution in [0, 0.1) is 12.3 Å². The van der Waals surface area contributed by atoms with Gasteiger partial charge in [0.25, 0.3) is 0 Å². The Morgan fingerprint density at radius 2 is 1.81 bits per heavy atom. The van der Waals surface area contributed by atoms with E-state index in [4.69, 9.17) is 11.5 Å². The summed E-state index contributed by atoms with van der Waals surface area (Å²) < 4.78 is 0. The number of nitrogens with zero attached hydrogens (tertiary/aromatic N) is 1. The van der Waals surface area contributed by atoms with Crippen LogP contribution in [0.2, 0.25) is 0 Å². The van der Waals surface area contributed by atoms with Crippen LogP contribution in [0.4, 0.5) is 0 Å². The Bertz CT molecular complexity index is 244. The smallest absolute Gasteiger partial charge is 0.550 e. The molecular weight excluding hydrogens is 221 g/mol. The third-order valence-corrected chi connectivity index (χ3v) is 1.85. The van der Waals surface area contributed by atoms with E-state index in [1.807, 2.05) is 0 Å². The van der Waals surface area contributed by atoms with Crippen LogP contribution in [0.1, 0.15) is 19.3 Å². The third kappa shape index (κ3) is 11.5. The van der Waals surface area contributed by atoms with Crippen LogP contribution < -0.4 is 34.7 Å². The molecule has 0 heterocycles. The van der Waals surface area contributed by atoms with Gasteiger partial charge >= 0.3 is 35.5 Å². The Kier molecular flexibility index (Phi) is 12.2. The number of hydrogen-bond acceptors (Lipinski definition) is 4. The largest absolute Gasteiger partial charge is 1.00 e. The molecule has 0 aliphatic rings. The second-order valence-electron chi connectivity index (χ2n) is 3.06. The normalized spacial score (nSPS) is 9.25. The Morgan fingerprint density at radius 1 is 1.25 bits per heavy atom. The fourth-order valence-electron chi connectivity index (χ4n) is 1.06. The zero-order chi connectivity index (χ0) is 11.7. The minimum absolute atomic E-state index is 0. The maximum Gasteiger partial charge on any atom is 1.00 e. The molecular formula is C10H14NNaO4. The van der Waals surface area contributed by atoms with Crippen LogP contribution in [0.3, 0.4) is 0 Å². The van der Waals surface area contributed by atoms with Gasteiger partial charge in [-0.3, -0.25) is 4.79 Å². The predicted octanol–water partition coefficient (Wildman–Crippen LogP) is -4.07. The second-order valence-corrected chi connectivity index (χ2v) is 3.06. The van der Waals surface area contributed by atoms with Gasteiger partial charge in [-0.2, -0.15) is 0 Å². The van der Waals surface area contributed by atoms with E-state index in [2.05, 4.69) is 5.92 Å². The van der Waals surface area contributed by atoms with Crippen molar-refractivity contribution in [1.29, 1.82) is 0 Å². The first kappa shape index (κ1) is 17.8. The van der Waals surface area contributed by atoms with Crippen molar-refractivity contribution in [2.45, 2.75) is 19.3 Å². The Hall–Kier alpha value is -0.540. The van der Waals surface area contributed by atoms with Crippen molar-refractivity contribution in [2.24, 2.45) is 0 Å². The van der Waals surface area contributed by atoms with E-state index >= 15 is 0 Å². The molecule has 0 aromatic heterocycles. The van der Waals surface area contributed by atoms with E-state index in [-0.39, 0.29) is 48.9 Å². The van der Waals surface area contributed by atoms with E-state index < -0.39 is 11.9 Å². The summed E-state index contributed by atoms with van der Waals surface area (Å²) in [6.45, 7) is 1.10. The van der Waals surface area contributed by atoms with Crippen LogP contribution in [-0.4, -0.2) is 41.6 Å². The molecule has 0 aromatic carbocycles. The summed E-state index contributed by atoms with van der Waals surface area (Å²) in [5, 5.41) is 18.7. The molecule has 0 unspecified atom stereocenters. The van der Waals surface area contributed by atoms with E-state index in [0.29, 0.717) is 19.5 Å². The second kappa shape index (κ2) is 11.0. The fraction of sp³-hybridized carbons (Fsp3) is 0.600. The van der Waals surface area contributed by atoms with Crippen molar-refractivity contribution < 1.29 is 49.4 Å². The minimum atomic E-state index is -1.14. The molecule has 5 nitrogen and oxygen atoms in total. The van der Waals surface area contributed by atoms with Crippen LogP contribution in [0.5, 0.6) is 0 Å². The number of carbonyl (C=O) groups is 2. The summed E-state index contributed by atoms with van der Waals surface area (Å²) in [7, 11) is 0. The zero-order valence-electron chi connectivity index (χ0n) is 9.44. The van der Waals surface area contributed by atoms with Gasteiger partial charge in [-0.25, -0.2) is 0 Å². The summed E-state index contributed by atoms with van der Waals surface area (Å²) in [5.41, 5.74) is 0. The van der Waals surface area contributed by atoms with E-state index in [0.717, 1.165) is 0 Å². The zero-order valence-corrected chi connectivity index (χ0v) is 11.4. The topological polar surface area (TPSA) is 80.7 Å². The Morgan fingerprint density at radius 3 is 2.25 bits per heavy atom. The number of terminal acetylenes is 1. The molecule has 1 N–H and O–H groups in total. The summed E-state index contributed by atoms with van der Waals surface area (Å²) in [4.78, 5) is 22.3. The molecule has 6 heteroatoms. The van der Waals surface area contributed by atoms with Gasteiger partial charge in [0.05, 0.1) is 6.42 Å². The monoisotopic (exact) mass is 235 g/mol. The molecule has 0 saturated carbocycles. The maximum atomic E-state index is 10.3. The molecule has 0 rings (SSSR count). The van der Waals surface area contributed by atoms with Crippen molar-refractivity contribution in [1.82, 2.24) is 4.90 Å². The molecule has 0 aromatic rings. The molecule has 0 bridgehead atoms. The molecule has 16 heavy (non-hydrogen) atoms. The SMILES string of the molecule is C#CCCN(CCC(=O)[O-])CCC(=O)O.[Na+]. The third-order valence-electron chi connectivity index (χ3n) is 1.85. The van der Waals surface area contributed by atoms with Crippen LogP contribution in [0.25, 0.3) is 0 Å². The van der Waals surface area contributed by atoms with Gasteiger partial charge in [0, 0.05) is 32.0 Å². The summed E-state index contributed by atoms with van der Waals surface area (Å²) in [5.74, 6) is 0.371. The van der Waals surface area contributed by atoms with Gasteiger partial charge in [0.2, 0.25) is 0 Å². The van der Waals surface area contributed by atoms with Crippen LogP contribution >= 0.6 is 0 Å². The van der Waals surface area contributed by atoms with Crippen molar-refractivity contribution in [3.63, 3.8) is 0 Å². The maximum absolute atomic E-state index is 10.3. The first-order valence-electron chi connectivity index (χ1n) is 4.63. The average molecular weight is 235 g/mol. The molecule has 0 saturated heterocycles. The number of carboxylic acids is 2. The van der Waals surface area contributed by atoms with E-state index in [1.54, 1.807) is 4.90 Å². The molecule has 0 aliphatic carbocycles. The fourth-order valence-corrected chi connectivity index (χ4v) is 1.06. The van der Waals surface area contributed by atoms with Crippen LogP contribution in [0.15, 0.2) is 0 Å². The van der Waals surface area contributed by atoms with Gasteiger partial charge in [0.15, 0.2) is 0 Å². The van der Waals surface area contributed by atoms with Crippen molar-refractivity contribution in [3.8, 4) is 12.3 Å². The van der Waals surface area contributed by atoms with Gasteiger partial charge < -0.3 is 19.9 Å². The van der Waals surface area contributed by atoms with Crippen molar-refractivity contribution in [3.05, 3.63) is 0 Å². The minimum Gasteiger partial charge on any atom is -0.550 e. The molecule has 84 valence electrons. The van der Waals surface area contributed by atoms with Crippen molar-refractivity contribution >= 4 is 11.9 Å². The van der Waals surface area contributed by atoms with Gasteiger partial charge in [-0.05, 0) is 6.42 Å². The Balaban J connectivity index is 0. The number of hydrogen-bond donors (Lipinski definition) is 1. The van der Waals surface area contributed by atoms with E-state index in [9.17, 15) is 14.7 Å². The molecule has 0 amide bonds. The summed E-state index contributed by atoms with van der Waals surface area (Å²) in [6, 6.07) is 0. The number of rotatable bonds is 8. The quantitative estimate of drug-likeness (QED) is 0.342. The van der Waals surface area contributed by atoms with Gasteiger partial charge in [0.1, 0.15) is 0 Å². The molecule has 0 aliphatic heterocycles. The molecule has 0 spiro atoms. The first-order chi connectivity index (χ1) is 7.06. The van der Waals surface area contributed by atoms with E-state index in [1.165, 1.54) is 0 Å². The first-order valence-corrected chi connectivity index (χ1v) is 4.63. The summed E-state index contributed by atoms with van der Waals surface area (Å²) >= 11 is 0. The predicted molar refractivity (Wildman–Crippen MR) is 51.8 cm³/mol. The summed E-state index contributed by atoms with van der Waals surface area (Å²) in [6.07, 6.45) is 5.42. The number of aliphatic carboxylic acids is 2. The van der Waals surface area contributed by atoms with Gasteiger partial charge in [-0.15, -0.1) is 12.3 Å². The van der Waals surface area contributed by atoms with Crippen molar-refractivity contribution in [2.75, 3.05) is 19.6 Å². The van der Waals surface area contributed by atoms with Gasteiger partial charge in [-0.1, -0.05) is 0 Å². The molecule has 0 fully saturated rings. The standard InChI is InChI=1S/C10H15NO4.Na/c1-2-3-6-11(7-4-9(12)13)8-5-10(14)15;/h1H,3-8H2,(H,12,13)(H,14,15);/q;+1/p-1. The number of carboxylic acid groups (broad SMARTS) is 2. The molecule has 0 radical (unpaired) electrons. The Labute approximate surface area is 117 Å². The molecule has 0 atom stereocenters.